The van der Waals surface area contributed by atoms with Crippen molar-refractivity contribution in [2.45, 2.75) is 32.4 Å². The molecule has 17 heavy (non-hydrogen) atoms. The fourth-order valence-corrected chi connectivity index (χ4v) is 3.01. The van der Waals surface area contributed by atoms with Gasteiger partial charge in [-0.15, -0.1) is 11.3 Å². The van der Waals surface area contributed by atoms with E-state index in [1.54, 1.807) is 0 Å². The van der Waals surface area contributed by atoms with Crippen LogP contribution in [0.2, 0.25) is 0 Å². The molecule has 92 valence electrons. The van der Waals surface area contributed by atoms with Gasteiger partial charge in [0.2, 0.25) is 0 Å². The van der Waals surface area contributed by atoms with Crippen molar-refractivity contribution in [2.24, 2.45) is 0 Å². The Kier molecular flexibility index (Phi) is 4.42. The molecule has 2 aromatic rings. The average molecular weight is 314 g/mol. The number of thiophene rings is 1. The van der Waals surface area contributed by atoms with Crippen molar-refractivity contribution < 1.29 is 4.42 Å². The Hall–Kier alpha value is -0.580. The van der Waals surface area contributed by atoms with E-state index in [2.05, 4.69) is 52.6 Å². The van der Waals surface area contributed by atoms with Crippen LogP contribution in [0.15, 0.2) is 38.7 Å². The summed E-state index contributed by atoms with van der Waals surface area (Å²) in [6.07, 6.45) is 1.06. The van der Waals surface area contributed by atoms with Crippen LogP contribution in [0.1, 0.15) is 30.5 Å². The first-order chi connectivity index (χ1) is 8.15. The first-order valence-electron chi connectivity index (χ1n) is 5.69. The van der Waals surface area contributed by atoms with E-state index < -0.39 is 0 Å². The molecule has 2 unspecified atom stereocenters. The Labute approximate surface area is 114 Å². The summed E-state index contributed by atoms with van der Waals surface area (Å²) in [5, 5.41) is 5.66. The van der Waals surface area contributed by atoms with Gasteiger partial charge in [0.05, 0.1) is 6.04 Å². The molecule has 0 aromatic carbocycles. The van der Waals surface area contributed by atoms with E-state index in [4.69, 9.17) is 4.42 Å². The third-order valence-electron chi connectivity index (χ3n) is 2.64. The molecule has 0 amide bonds. The van der Waals surface area contributed by atoms with Crippen molar-refractivity contribution in [3.63, 3.8) is 0 Å². The summed E-state index contributed by atoms with van der Waals surface area (Å²) < 4.78 is 6.32. The lowest BCUT2D eigenvalue weighted by Gasteiger charge is -2.17. The second-order valence-corrected chi connectivity index (χ2v) is 6.03. The van der Waals surface area contributed by atoms with Crippen LogP contribution in [0.25, 0.3) is 0 Å². The maximum atomic E-state index is 5.54. The quantitative estimate of drug-likeness (QED) is 0.885. The van der Waals surface area contributed by atoms with E-state index in [9.17, 15) is 0 Å². The van der Waals surface area contributed by atoms with Gasteiger partial charge >= 0.3 is 0 Å². The highest BCUT2D eigenvalue weighted by Gasteiger charge is 2.13. The minimum absolute atomic E-state index is 0.233. The number of rotatable bonds is 5. The lowest BCUT2D eigenvalue weighted by molar-refractivity contribution is 0.389. The molecule has 2 aromatic heterocycles. The van der Waals surface area contributed by atoms with Gasteiger partial charge in [-0.1, -0.05) is 6.07 Å². The minimum atomic E-state index is 0.233. The first-order valence-corrected chi connectivity index (χ1v) is 7.36. The Morgan fingerprint density at radius 2 is 2.18 bits per heavy atom. The van der Waals surface area contributed by atoms with E-state index in [-0.39, 0.29) is 6.04 Å². The van der Waals surface area contributed by atoms with Gasteiger partial charge in [0.1, 0.15) is 5.76 Å². The van der Waals surface area contributed by atoms with Crippen LogP contribution < -0.4 is 5.32 Å². The molecule has 4 heteroatoms. The molecule has 0 saturated carbocycles. The van der Waals surface area contributed by atoms with Crippen LogP contribution in [0.3, 0.4) is 0 Å². The van der Waals surface area contributed by atoms with E-state index in [0.29, 0.717) is 6.04 Å². The van der Waals surface area contributed by atoms with Gasteiger partial charge in [0.15, 0.2) is 4.67 Å². The third-order valence-corrected chi connectivity index (χ3v) is 3.97. The van der Waals surface area contributed by atoms with Gasteiger partial charge in [-0.05, 0) is 59.8 Å². The van der Waals surface area contributed by atoms with Crippen LogP contribution in [-0.4, -0.2) is 6.04 Å². The van der Waals surface area contributed by atoms with Gasteiger partial charge in [-0.25, -0.2) is 0 Å². The fraction of sp³-hybridized carbons (Fsp3) is 0.385. The summed E-state index contributed by atoms with van der Waals surface area (Å²) in [6.45, 7) is 4.32. The molecular formula is C13H16BrNOS. The van der Waals surface area contributed by atoms with Gasteiger partial charge in [-0.2, -0.15) is 0 Å². The number of halogens is 1. The monoisotopic (exact) mass is 313 g/mol. The molecule has 2 rings (SSSR count). The minimum Gasteiger partial charge on any atom is -0.453 e. The maximum absolute atomic E-state index is 5.54. The van der Waals surface area contributed by atoms with E-state index in [1.807, 2.05) is 23.5 Å². The Balaban J connectivity index is 1.88. The van der Waals surface area contributed by atoms with E-state index in [0.717, 1.165) is 16.9 Å². The molecule has 0 bridgehead atoms. The number of furan rings is 1. The van der Waals surface area contributed by atoms with Crippen molar-refractivity contribution in [3.05, 3.63) is 45.0 Å². The van der Waals surface area contributed by atoms with Crippen molar-refractivity contribution >= 4 is 27.3 Å². The SMILES string of the molecule is CC(Cc1cccs1)NC(C)c1ccc(Br)o1. The zero-order valence-corrected chi connectivity index (χ0v) is 12.3. The van der Waals surface area contributed by atoms with Crippen LogP contribution in [0.5, 0.6) is 0 Å². The van der Waals surface area contributed by atoms with Crippen LogP contribution in [0.4, 0.5) is 0 Å². The van der Waals surface area contributed by atoms with Gasteiger partial charge in [-0.3, -0.25) is 0 Å². The molecule has 2 atom stereocenters. The highest BCUT2D eigenvalue weighted by atomic mass is 79.9. The predicted molar refractivity (Wildman–Crippen MR) is 75.4 cm³/mol. The van der Waals surface area contributed by atoms with Crippen LogP contribution >= 0.6 is 27.3 Å². The average Bonchev–Trinajstić information content (AvgIpc) is 2.89. The summed E-state index contributed by atoms with van der Waals surface area (Å²) >= 11 is 5.13. The lowest BCUT2D eigenvalue weighted by Crippen LogP contribution is -2.30. The number of nitrogens with one attached hydrogen (secondary N) is 1. The highest BCUT2D eigenvalue weighted by molar-refractivity contribution is 9.10. The fourth-order valence-electron chi connectivity index (χ4n) is 1.86. The van der Waals surface area contributed by atoms with Crippen molar-refractivity contribution in [1.82, 2.24) is 5.32 Å². The second-order valence-electron chi connectivity index (χ2n) is 4.21. The molecule has 0 aliphatic rings. The van der Waals surface area contributed by atoms with Crippen molar-refractivity contribution in [2.75, 3.05) is 0 Å². The number of hydrogen-bond acceptors (Lipinski definition) is 3. The van der Waals surface area contributed by atoms with E-state index in [1.165, 1.54) is 4.88 Å². The predicted octanol–water partition coefficient (Wildman–Crippen LogP) is 4.39. The molecular weight excluding hydrogens is 298 g/mol. The Morgan fingerprint density at radius 3 is 2.76 bits per heavy atom. The molecule has 0 aliphatic carbocycles. The van der Waals surface area contributed by atoms with Crippen LogP contribution in [0, 0.1) is 0 Å². The molecule has 0 aliphatic heterocycles. The van der Waals surface area contributed by atoms with Crippen molar-refractivity contribution in [1.29, 1.82) is 0 Å². The third kappa shape index (κ3) is 3.69. The molecule has 0 spiro atoms. The smallest absolute Gasteiger partial charge is 0.169 e. The zero-order chi connectivity index (χ0) is 12.3. The largest absolute Gasteiger partial charge is 0.453 e. The highest BCUT2D eigenvalue weighted by Crippen LogP contribution is 2.21. The van der Waals surface area contributed by atoms with Gasteiger partial charge < -0.3 is 9.73 Å². The Bertz CT molecular complexity index is 452. The molecule has 0 radical (unpaired) electrons. The summed E-state index contributed by atoms with van der Waals surface area (Å²) in [4.78, 5) is 1.41. The summed E-state index contributed by atoms with van der Waals surface area (Å²) in [6, 6.07) is 8.87. The number of hydrogen-bond donors (Lipinski definition) is 1. The molecule has 0 saturated heterocycles. The second kappa shape index (κ2) is 5.85. The molecule has 1 N–H and O–H groups in total. The van der Waals surface area contributed by atoms with E-state index >= 15 is 0 Å². The maximum Gasteiger partial charge on any atom is 0.169 e. The summed E-state index contributed by atoms with van der Waals surface area (Å²) in [5.41, 5.74) is 0. The molecule has 2 nitrogen and oxygen atoms in total. The standard InChI is InChI=1S/C13H16BrNOS/c1-9(8-11-4-3-7-17-11)15-10(2)12-5-6-13(14)16-12/h3-7,9-10,15H,8H2,1-2H3. The van der Waals surface area contributed by atoms with Crippen molar-refractivity contribution in [3.8, 4) is 0 Å². The topological polar surface area (TPSA) is 25.2 Å². The molecule has 2 heterocycles. The normalized spacial score (nSPS) is 14.8. The lowest BCUT2D eigenvalue weighted by atomic mass is 10.1. The summed E-state index contributed by atoms with van der Waals surface area (Å²) in [7, 11) is 0. The van der Waals surface area contributed by atoms with Crippen LogP contribution in [-0.2, 0) is 6.42 Å². The van der Waals surface area contributed by atoms with Gasteiger partial charge in [0, 0.05) is 10.9 Å². The molecule has 0 fully saturated rings. The summed E-state index contributed by atoms with van der Waals surface area (Å²) in [5.74, 6) is 0.968. The zero-order valence-electron chi connectivity index (χ0n) is 9.94. The first kappa shape index (κ1) is 12.9. The van der Waals surface area contributed by atoms with Gasteiger partial charge in [0.25, 0.3) is 0 Å². The Morgan fingerprint density at radius 1 is 1.35 bits per heavy atom.